The summed E-state index contributed by atoms with van der Waals surface area (Å²) in [5.74, 6) is -2.27. The summed E-state index contributed by atoms with van der Waals surface area (Å²) < 4.78 is 31.6. The fourth-order valence-corrected chi connectivity index (χ4v) is 2.25. The molecule has 1 aromatic rings. The van der Waals surface area contributed by atoms with Crippen LogP contribution in [-0.4, -0.2) is 27.3 Å². The number of alkyl halides is 2. The van der Waals surface area contributed by atoms with Crippen LogP contribution in [0.25, 0.3) is 0 Å². The molecule has 102 valence electrons. The molecular formula is C12H18F2N2O2. The molecule has 0 amide bonds. The summed E-state index contributed by atoms with van der Waals surface area (Å²) in [6, 6.07) is 0. The van der Waals surface area contributed by atoms with E-state index in [9.17, 15) is 13.9 Å². The van der Waals surface area contributed by atoms with Crippen molar-refractivity contribution >= 4 is 0 Å². The second-order valence-electron chi connectivity index (χ2n) is 4.96. The van der Waals surface area contributed by atoms with E-state index >= 15 is 0 Å². The molecule has 2 rings (SSSR count). The predicted octanol–water partition coefficient (Wildman–Crippen LogP) is 2.68. The first-order valence-electron chi connectivity index (χ1n) is 6.38. The molecule has 1 aromatic heterocycles. The Balaban J connectivity index is 2.01. The van der Waals surface area contributed by atoms with Gasteiger partial charge in [0.05, 0.1) is 12.5 Å². The van der Waals surface area contributed by atoms with Crippen LogP contribution in [0.3, 0.4) is 0 Å². The third-order valence-electron chi connectivity index (χ3n) is 3.37. The zero-order valence-corrected chi connectivity index (χ0v) is 10.4. The van der Waals surface area contributed by atoms with Crippen molar-refractivity contribution in [1.29, 1.82) is 0 Å². The zero-order valence-electron chi connectivity index (χ0n) is 10.4. The maximum atomic E-state index is 13.3. The zero-order chi connectivity index (χ0) is 13.2. The van der Waals surface area contributed by atoms with Crippen LogP contribution in [0.5, 0.6) is 0 Å². The Kier molecular flexibility index (Phi) is 3.94. The third kappa shape index (κ3) is 3.25. The highest BCUT2D eigenvalue weighted by molar-refractivity contribution is 5.00. The van der Waals surface area contributed by atoms with Gasteiger partial charge in [-0.2, -0.15) is 4.98 Å². The van der Waals surface area contributed by atoms with Crippen molar-refractivity contribution in [1.82, 2.24) is 10.1 Å². The molecule has 1 fully saturated rings. The van der Waals surface area contributed by atoms with Gasteiger partial charge in [0.25, 0.3) is 0 Å². The summed E-state index contributed by atoms with van der Waals surface area (Å²) in [6.07, 6.45) is 1.26. The molecule has 18 heavy (non-hydrogen) atoms. The normalized spacial score (nSPS) is 25.0. The number of aromatic nitrogens is 2. The molecule has 0 bridgehead atoms. The van der Waals surface area contributed by atoms with Crippen molar-refractivity contribution in [3.8, 4) is 0 Å². The number of aliphatic hydroxyl groups is 1. The van der Waals surface area contributed by atoms with Gasteiger partial charge in [0, 0.05) is 18.8 Å². The summed E-state index contributed by atoms with van der Waals surface area (Å²) in [5.41, 5.74) is 0. The topological polar surface area (TPSA) is 59.2 Å². The van der Waals surface area contributed by atoms with Crippen LogP contribution in [0.2, 0.25) is 0 Å². The van der Waals surface area contributed by atoms with Gasteiger partial charge in [-0.15, -0.1) is 0 Å². The second kappa shape index (κ2) is 5.30. The standard InChI is InChI=1S/C12H18F2N2O2/c1-2-9(17)6-10-15-11(16-18-10)8-4-3-5-12(13,14)7-8/h8-9,17H,2-7H2,1H3. The molecule has 4 nitrogen and oxygen atoms in total. The quantitative estimate of drug-likeness (QED) is 0.904. The predicted molar refractivity (Wildman–Crippen MR) is 60.5 cm³/mol. The Hall–Kier alpha value is -1.04. The minimum absolute atomic E-state index is 0.0528. The first kappa shape index (κ1) is 13.4. The molecule has 1 heterocycles. The van der Waals surface area contributed by atoms with E-state index in [4.69, 9.17) is 4.52 Å². The van der Waals surface area contributed by atoms with E-state index in [2.05, 4.69) is 10.1 Å². The molecule has 1 N–H and O–H groups in total. The fourth-order valence-electron chi connectivity index (χ4n) is 2.25. The molecule has 1 aliphatic carbocycles. The van der Waals surface area contributed by atoms with Crippen molar-refractivity contribution in [2.45, 2.75) is 63.4 Å². The minimum atomic E-state index is -2.62. The maximum absolute atomic E-state index is 13.3. The Morgan fingerprint density at radius 1 is 1.56 bits per heavy atom. The molecule has 0 aromatic carbocycles. The lowest BCUT2D eigenvalue weighted by atomic mass is 9.86. The molecule has 1 saturated carbocycles. The molecule has 2 unspecified atom stereocenters. The lowest BCUT2D eigenvalue weighted by Crippen LogP contribution is -2.25. The van der Waals surface area contributed by atoms with Crippen LogP contribution >= 0.6 is 0 Å². The Labute approximate surface area is 104 Å². The molecule has 2 atom stereocenters. The molecule has 0 aliphatic heterocycles. The number of halogens is 2. The Bertz CT molecular complexity index is 395. The molecule has 0 radical (unpaired) electrons. The highest BCUT2D eigenvalue weighted by Gasteiger charge is 2.38. The average Bonchev–Trinajstić information content (AvgIpc) is 2.76. The minimum Gasteiger partial charge on any atom is -0.393 e. The van der Waals surface area contributed by atoms with Crippen molar-refractivity contribution in [2.75, 3.05) is 0 Å². The highest BCUT2D eigenvalue weighted by Crippen LogP contribution is 2.40. The van der Waals surface area contributed by atoms with Gasteiger partial charge >= 0.3 is 0 Å². The lowest BCUT2D eigenvalue weighted by Gasteiger charge is -2.26. The van der Waals surface area contributed by atoms with E-state index in [1.54, 1.807) is 0 Å². The summed E-state index contributed by atoms with van der Waals surface area (Å²) in [7, 11) is 0. The van der Waals surface area contributed by atoms with Crippen LogP contribution in [-0.2, 0) is 6.42 Å². The van der Waals surface area contributed by atoms with E-state index in [0.717, 1.165) is 0 Å². The van der Waals surface area contributed by atoms with E-state index < -0.39 is 12.0 Å². The summed E-state index contributed by atoms with van der Waals surface area (Å²) in [5, 5.41) is 13.2. The monoisotopic (exact) mass is 260 g/mol. The fraction of sp³-hybridized carbons (Fsp3) is 0.833. The number of rotatable bonds is 4. The second-order valence-corrected chi connectivity index (χ2v) is 4.96. The van der Waals surface area contributed by atoms with Crippen LogP contribution in [0.15, 0.2) is 4.52 Å². The van der Waals surface area contributed by atoms with Gasteiger partial charge in [-0.3, -0.25) is 0 Å². The van der Waals surface area contributed by atoms with Gasteiger partial charge < -0.3 is 9.63 Å². The largest absolute Gasteiger partial charge is 0.393 e. The van der Waals surface area contributed by atoms with Gasteiger partial charge in [-0.1, -0.05) is 12.1 Å². The van der Waals surface area contributed by atoms with Crippen molar-refractivity contribution in [2.24, 2.45) is 0 Å². The van der Waals surface area contributed by atoms with Gasteiger partial charge in [0.2, 0.25) is 11.8 Å². The Morgan fingerprint density at radius 2 is 2.33 bits per heavy atom. The molecule has 0 saturated heterocycles. The molecule has 1 aliphatic rings. The third-order valence-corrected chi connectivity index (χ3v) is 3.37. The molecular weight excluding hydrogens is 242 g/mol. The number of hydrogen-bond donors (Lipinski definition) is 1. The first-order chi connectivity index (χ1) is 8.50. The molecule has 0 spiro atoms. The number of aliphatic hydroxyl groups excluding tert-OH is 1. The van der Waals surface area contributed by atoms with E-state index in [1.807, 2.05) is 6.92 Å². The van der Waals surface area contributed by atoms with E-state index in [-0.39, 0.29) is 25.2 Å². The summed E-state index contributed by atoms with van der Waals surface area (Å²) >= 11 is 0. The number of nitrogens with zero attached hydrogens (tertiary/aromatic N) is 2. The Morgan fingerprint density at radius 3 is 3.00 bits per heavy atom. The SMILES string of the molecule is CCC(O)Cc1nc(C2CCCC(F)(F)C2)no1. The highest BCUT2D eigenvalue weighted by atomic mass is 19.3. The first-order valence-corrected chi connectivity index (χ1v) is 6.38. The van der Waals surface area contributed by atoms with Crippen molar-refractivity contribution in [3.63, 3.8) is 0 Å². The van der Waals surface area contributed by atoms with Gasteiger partial charge in [-0.25, -0.2) is 8.78 Å². The lowest BCUT2D eigenvalue weighted by molar-refractivity contribution is -0.0418. The molecule has 6 heteroatoms. The summed E-state index contributed by atoms with van der Waals surface area (Å²) in [6.45, 7) is 1.85. The van der Waals surface area contributed by atoms with E-state index in [1.165, 1.54) is 0 Å². The van der Waals surface area contributed by atoms with E-state index in [0.29, 0.717) is 31.0 Å². The van der Waals surface area contributed by atoms with Gasteiger partial charge in [0.15, 0.2) is 5.82 Å². The van der Waals surface area contributed by atoms with Crippen molar-refractivity contribution < 1.29 is 18.4 Å². The van der Waals surface area contributed by atoms with Crippen LogP contribution in [0.4, 0.5) is 8.78 Å². The summed E-state index contributed by atoms with van der Waals surface area (Å²) in [4.78, 5) is 4.12. The van der Waals surface area contributed by atoms with Gasteiger partial charge in [0.1, 0.15) is 0 Å². The van der Waals surface area contributed by atoms with Gasteiger partial charge in [-0.05, 0) is 19.3 Å². The van der Waals surface area contributed by atoms with Crippen LogP contribution < -0.4 is 0 Å². The van der Waals surface area contributed by atoms with Crippen molar-refractivity contribution in [3.05, 3.63) is 11.7 Å². The smallest absolute Gasteiger partial charge is 0.248 e. The van der Waals surface area contributed by atoms with Crippen LogP contribution in [0, 0.1) is 0 Å². The average molecular weight is 260 g/mol. The van der Waals surface area contributed by atoms with Crippen LogP contribution in [0.1, 0.15) is 56.7 Å². The number of hydrogen-bond acceptors (Lipinski definition) is 4. The maximum Gasteiger partial charge on any atom is 0.248 e.